The van der Waals surface area contributed by atoms with Crippen molar-refractivity contribution in [1.82, 2.24) is 26.6 Å². The standard InChI is InChI=1S/C42H54FN5O11/c1-25-16-30-29-12-11-27-18-28(50)13-14-39(27,2)41(29,43)32(51)19-40(30,3)42(25,58)33(52)23-59-24-47-36(55)21-46-38(57)31(17-26-8-5-4-6-9-26)48-37(56)22-45-35(54)20-44-34(53)10-7-15-49/h4-6,8-9,13-15,18,25,29-32,51,58H,7,10-12,16-17,19-24H2,1-3H3,(H,44,53)(H,45,54)(H,46,57)(H,47,55)(H,48,56)/t25-,29+,30+,31+,32+,39+,40+,41+,42+/m1/s1. The number of aldehydes is 1. The van der Waals surface area contributed by atoms with Crippen molar-refractivity contribution in [3.05, 3.63) is 59.7 Å². The summed E-state index contributed by atoms with van der Waals surface area (Å²) in [6.07, 6.45) is 4.27. The topological polar surface area (TPSA) is 246 Å². The van der Waals surface area contributed by atoms with E-state index in [1.165, 1.54) is 12.2 Å². The van der Waals surface area contributed by atoms with E-state index < -0.39 is 120 Å². The van der Waals surface area contributed by atoms with Crippen molar-refractivity contribution < 1.29 is 57.7 Å². The number of halogens is 1. The number of fused-ring (bicyclic) bond motifs is 5. The number of allylic oxidation sites excluding steroid dienone is 4. The van der Waals surface area contributed by atoms with Crippen LogP contribution in [0.4, 0.5) is 4.39 Å². The third-order valence-electron chi connectivity index (χ3n) is 13.0. The van der Waals surface area contributed by atoms with Gasteiger partial charge in [-0.2, -0.15) is 0 Å². The predicted octanol–water partition coefficient (Wildman–Crippen LogP) is 0.0489. The molecule has 5 rings (SSSR count). The van der Waals surface area contributed by atoms with E-state index in [2.05, 4.69) is 26.6 Å². The molecule has 0 aromatic heterocycles. The van der Waals surface area contributed by atoms with Crippen LogP contribution in [-0.2, 0) is 49.5 Å². The van der Waals surface area contributed by atoms with Gasteiger partial charge in [0.05, 0.1) is 25.7 Å². The molecule has 59 heavy (non-hydrogen) atoms. The lowest BCUT2D eigenvalue weighted by Gasteiger charge is -2.62. The van der Waals surface area contributed by atoms with Gasteiger partial charge in [-0.15, -0.1) is 0 Å². The molecule has 5 amide bonds. The van der Waals surface area contributed by atoms with Gasteiger partial charge in [-0.1, -0.05) is 55.8 Å². The summed E-state index contributed by atoms with van der Waals surface area (Å²) in [7, 11) is 0. The minimum Gasteiger partial charge on any atom is -0.390 e. The van der Waals surface area contributed by atoms with Gasteiger partial charge in [-0.05, 0) is 62.2 Å². The molecule has 0 saturated heterocycles. The molecule has 0 bridgehead atoms. The number of hydrogen-bond acceptors (Lipinski definition) is 11. The number of ether oxygens (including phenoxy) is 1. The van der Waals surface area contributed by atoms with Crippen molar-refractivity contribution in [2.45, 2.75) is 89.1 Å². The molecule has 3 fully saturated rings. The quantitative estimate of drug-likeness (QED) is 0.0593. The fraction of sp³-hybridized carbons (Fsp3) is 0.571. The van der Waals surface area contributed by atoms with Gasteiger partial charge in [0.25, 0.3) is 0 Å². The number of ketones is 2. The summed E-state index contributed by atoms with van der Waals surface area (Å²) in [6, 6.07) is 7.59. The highest BCUT2D eigenvalue weighted by atomic mass is 19.1. The maximum atomic E-state index is 17.4. The predicted molar refractivity (Wildman–Crippen MR) is 208 cm³/mol. The van der Waals surface area contributed by atoms with Crippen LogP contribution in [0.1, 0.15) is 64.9 Å². The van der Waals surface area contributed by atoms with Crippen LogP contribution in [-0.4, -0.2) is 114 Å². The first-order valence-electron chi connectivity index (χ1n) is 19.9. The van der Waals surface area contributed by atoms with Crippen LogP contribution in [0.25, 0.3) is 0 Å². The van der Waals surface area contributed by atoms with Crippen LogP contribution < -0.4 is 26.6 Å². The van der Waals surface area contributed by atoms with E-state index in [1.54, 1.807) is 57.2 Å². The molecule has 4 aliphatic carbocycles. The molecule has 0 heterocycles. The Bertz CT molecular complexity index is 1890. The summed E-state index contributed by atoms with van der Waals surface area (Å²) in [4.78, 5) is 98.6. The van der Waals surface area contributed by atoms with Crippen molar-refractivity contribution in [1.29, 1.82) is 0 Å². The first kappa shape index (κ1) is 45.0. The highest BCUT2D eigenvalue weighted by Gasteiger charge is 2.75. The lowest BCUT2D eigenvalue weighted by atomic mass is 9.44. The highest BCUT2D eigenvalue weighted by molar-refractivity contribution is 6.01. The van der Waals surface area contributed by atoms with Crippen LogP contribution >= 0.6 is 0 Å². The summed E-state index contributed by atoms with van der Waals surface area (Å²) >= 11 is 0. The Morgan fingerprint density at radius 2 is 1.61 bits per heavy atom. The summed E-state index contributed by atoms with van der Waals surface area (Å²) in [5, 5.41) is 35.8. The van der Waals surface area contributed by atoms with Crippen molar-refractivity contribution in [3.63, 3.8) is 0 Å². The van der Waals surface area contributed by atoms with Crippen LogP contribution in [0, 0.1) is 28.6 Å². The highest BCUT2D eigenvalue weighted by Crippen LogP contribution is 2.70. The largest absolute Gasteiger partial charge is 0.390 e. The Balaban J connectivity index is 1.11. The zero-order chi connectivity index (χ0) is 43.2. The molecule has 0 spiro atoms. The fourth-order valence-corrected chi connectivity index (χ4v) is 9.88. The second-order valence-electron chi connectivity index (χ2n) is 16.5. The van der Waals surface area contributed by atoms with Gasteiger partial charge in [0, 0.05) is 36.0 Å². The average Bonchev–Trinajstić information content (AvgIpc) is 3.41. The number of aliphatic hydroxyl groups excluding tert-OH is 1. The summed E-state index contributed by atoms with van der Waals surface area (Å²) in [6.45, 7) is 2.63. The molecular formula is C42H54FN5O11. The number of amides is 5. The molecule has 3 saturated carbocycles. The third-order valence-corrected chi connectivity index (χ3v) is 13.0. The molecular weight excluding hydrogens is 769 g/mol. The monoisotopic (exact) mass is 823 g/mol. The molecule has 1 aromatic carbocycles. The van der Waals surface area contributed by atoms with Gasteiger partial charge in [0.15, 0.2) is 17.2 Å². The van der Waals surface area contributed by atoms with E-state index in [1.807, 2.05) is 0 Å². The van der Waals surface area contributed by atoms with Gasteiger partial charge in [0.2, 0.25) is 29.5 Å². The number of Topliss-reactive ketones (excluding diaryl/α,β-unsaturated/α-hetero) is 1. The maximum Gasteiger partial charge on any atom is 0.243 e. The number of nitrogens with one attached hydrogen (secondary N) is 5. The number of rotatable bonds is 18. The first-order chi connectivity index (χ1) is 27.9. The minimum atomic E-state index is -2.12. The summed E-state index contributed by atoms with van der Waals surface area (Å²) in [5.41, 5.74) is -5.17. The number of alkyl halides is 1. The van der Waals surface area contributed by atoms with Gasteiger partial charge < -0.3 is 46.3 Å². The summed E-state index contributed by atoms with van der Waals surface area (Å²) in [5.74, 6) is -5.93. The Labute approximate surface area is 341 Å². The molecule has 17 heteroatoms. The van der Waals surface area contributed by atoms with E-state index >= 15 is 4.39 Å². The van der Waals surface area contributed by atoms with E-state index in [4.69, 9.17) is 4.74 Å². The lowest BCUT2D eigenvalue weighted by molar-refractivity contribution is -0.220. The Kier molecular flexibility index (Phi) is 14.0. The SMILES string of the molecule is C[C@@H]1C[C@H]2[C@@H]3CCC4=CC(=O)C=C[C@]4(C)[C@@]3(F)[C@@H](O)C[C@]2(C)[C@@]1(O)C(=O)COCNC(=O)CNC(=O)[C@H](Cc1ccccc1)NC(=O)CNC(=O)CNC(=O)CCC=O. The number of aliphatic hydroxyl groups is 2. The molecule has 4 aliphatic rings. The number of hydrogen-bond donors (Lipinski definition) is 7. The molecule has 9 atom stereocenters. The Morgan fingerprint density at radius 3 is 2.32 bits per heavy atom. The van der Waals surface area contributed by atoms with Crippen molar-refractivity contribution in [2.75, 3.05) is 33.0 Å². The molecule has 320 valence electrons. The molecule has 7 N–H and O–H groups in total. The van der Waals surface area contributed by atoms with Gasteiger partial charge in [0.1, 0.15) is 31.3 Å². The third kappa shape index (κ3) is 9.06. The second kappa shape index (κ2) is 18.4. The van der Waals surface area contributed by atoms with E-state index in [0.29, 0.717) is 36.7 Å². The van der Waals surface area contributed by atoms with Crippen LogP contribution in [0.15, 0.2) is 54.1 Å². The molecule has 16 nitrogen and oxygen atoms in total. The summed E-state index contributed by atoms with van der Waals surface area (Å²) < 4.78 is 22.9. The van der Waals surface area contributed by atoms with Gasteiger partial charge in [-0.25, -0.2) is 4.39 Å². The van der Waals surface area contributed by atoms with Gasteiger partial charge in [-0.3, -0.25) is 33.6 Å². The zero-order valence-corrected chi connectivity index (χ0v) is 33.5. The normalized spacial score (nSPS) is 30.9. The molecule has 0 aliphatic heterocycles. The maximum absolute atomic E-state index is 17.4. The van der Waals surface area contributed by atoms with Gasteiger partial charge >= 0.3 is 0 Å². The first-order valence-corrected chi connectivity index (χ1v) is 19.9. The fourth-order valence-electron chi connectivity index (χ4n) is 9.88. The van der Waals surface area contributed by atoms with Crippen molar-refractivity contribution >= 4 is 47.4 Å². The van der Waals surface area contributed by atoms with E-state index in [0.717, 1.165) is 0 Å². The second-order valence-corrected chi connectivity index (χ2v) is 16.5. The molecule has 0 radical (unpaired) electrons. The van der Waals surface area contributed by atoms with Crippen LogP contribution in [0.3, 0.4) is 0 Å². The molecule has 0 unspecified atom stereocenters. The van der Waals surface area contributed by atoms with E-state index in [9.17, 15) is 48.6 Å². The number of carbonyl (C=O) groups is 8. The number of carbonyl (C=O) groups excluding carboxylic acids is 8. The van der Waals surface area contributed by atoms with Crippen molar-refractivity contribution in [2.24, 2.45) is 28.6 Å². The van der Waals surface area contributed by atoms with Crippen molar-refractivity contribution in [3.8, 4) is 0 Å². The average molecular weight is 824 g/mol. The minimum absolute atomic E-state index is 0.00476. The molecule has 1 aromatic rings. The smallest absolute Gasteiger partial charge is 0.243 e. The zero-order valence-electron chi connectivity index (χ0n) is 33.5. The lowest BCUT2D eigenvalue weighted by Crippen LogP contribution is -2.69. The van der Waals surface area contributed by atoms with Crippen LogP contribution in [0.2, 0.25) is 0 Å². The van der Waals surface area contributed by atoms with E-state index in [-0.39, 0.29) is 31.5 Å². The Hall–Kier alpha value is -5.13. The van der Waals surface area contributed by atoms with Crippen LogP contribution in [0.5, 0.6) is 0 Å². The number of benzene rings is 1. The Morgan fingerprint density at radius 1 is 0.949 bits per heavy atom.